The summed E-state index contributed by atoms with van der Waals surface area (Å²) in [6.07, 6.45) is 3.61. The molecule has 0 saturated heterocycles. The first-order valence-electron chi connectivity index (χ1n) is 4.27. The molecule has 0 saturated carbocycles. The predicted octanol–water partition coefficient (Wildman–Crippen LogP) is 2.70. The van der Waals surface area contributed by atoms with Crippen LogP contribution in [0.2, 0.25) is 0 Å². The van der Waals surface area contributed by atoms with Gasteiger partial charge in [0, 0.05) is 0 Å². The lowest BCUT2D eigenvalue weighted by atomic mass is 9.78. The van der Waals surface area contributed by atoms with Crippen molar-refractivity contribution in [1.82, 2.24) is 0 Å². The second-order valence-electron chi connectivity index (χ2n) is 3.79. The summed E-state index contributed by atoms with van der Waals surface area (Å²) in [6.45, 7) is 9.12. The number of carboxylic acids is 1. The lowest BCUT2D eigenvalue weighted by Gasteiger charge is -2.26. The van der Waals surface area contributed by atoms with E-state index in [0.29, 0.717) is 0 Å². The number of hydrogen-bond acceptors (Lipinski definition) is 1. The first-order valence-corrected chi connectivity index (χ1v) is 4.27. The van der Waals surface area contributed by atoms with Gasteiger partial charge in [-0.1, -0.05) is 13.0 Å². The normalized spacial score (nSPS) is 13.9. The van der Waals surface area contributed by atoms with Gasteiger partial charge in [-0.15, -0.1) is 6.58 Å². The number of aliphatic carboxylic acids is 1. The largest absolute Gasteiger partial charge is 0.481 e. The zero-order chi connectivity index (χ0) is 9.78. The highest BCUT2D eigenvalue weighted by Crippen LogP contribution is 2.30. The highest BCUT2D eigenvalue weighted by molar-refractivity contribution is 5.73. The van der Waals surface area contributed by atoms with E-state index in [2.05, 4.69) is 6.58 Å². The van der Waals surface area contributed by atoms with E-state index in [4.69, 9.17) is 5.11 Å². The summed E-state index contributed by atoms with van der Waals surface area (Å²) in [5.74, 6) is -0.535. The zero-order valence-electron chi connectivity index (χ0n) is 8.13. The van der Waals surface area contributed by atoms with Gasteiger partial charge in [0.2, 0.25) is 0 Å². The van der Waals surface area contributed by atoms with Crippen molar-refractivity contribution in [2.24, 2.45) is 11.3 Å². The predicted molar refractivity (Wildman–Crippen MR) is 50.0 cm³/mol. The third-order valence-electron chi connectivity index (χ3n) is 2.59. The second kappa shape index (κ2) is 4.29. The molecule has 0 bridgehead atoms. The summed E-state index contributed by atoms with van der Waals surface area (Å²) >= 11 is 0. The molecular weight excluding hydrogens is 152 g/mol. The van der Waals surface area contributed by atoms with E-state index < -0.39 is 11.4 Å². The molecule has 0 rings (SSSR count). The summed E-state index contributed by atoms with van der Waals surface area (Å²) < 4.78 is 0. The fourth-order valence-electron chi connectivity index (χ4n) is 0.939. The molecule has 2 nitrogen and oxygen atoms in total. The van der Waals surface area contributed by atoms with Crippen LogP contribution >= 0.6 is 0 Å². The molecule has 0 aliphatic carbocycles. The topological polar surface area (TPSA) is 37.3 Å². The van der Waals surface area contributed by atoms with E-state index in [9.17, 15) is 4.79 Å². The minimum atomic E-state index is -0.723. The maximum atomic E-state index is 10.8. The standard InChI is InChI=1S/C10H18O2/c1-5-6-7-8(2)10(3,4)9(11)12/h5,8H,1,6-7H2,2-4H3,(H,11,12). The van der Waals surface area contributed by atoms with Crippen LogP contribution in [0.4, 0.5) is 0 Å². The van der Waals surface area contributed by atoms with Gasteiger partial charge in [0.25, 0.3) is 0 Å². The molecule has 0 aliphatic heterocycles. The SMILES string of the molecule is C=CCCC(C)C(C)(C)C(=O)O. The minimum Gasteiger partial charge on any atom is -0.481 e. The van der Waals surface area contributed by atoms with Crippen molar-refractivity contribution < 1.29 is 9.90 Å². The molecule has 70 valence electrons. The summed E-state index contributed by atoms with van der Waals surface area (Å²) in [7, 11) is 0. The molecule has 12 heavy (non-hydrogen) atoms. The Labute approximate surface area is 74.3 Å². The Hall–Kier alpha value is -0.790. The van der Waals surface area contributed by atoms with E-state index in [1.54, 1.807) is 13.8 Å². The average Bonchev–Trinajstić information content (AvgIpc) is 1.99. The number of carboxylic acid groups (broad SMARTS) is 1. The van der Waals surface area contributed by atoms with Gasteiger partial charge in [-0.3, -0.25) is 4.79 Å². The Morgan fingerprint density at radius 2 is 2.17 bits per heavy atom. The van der Waals surface area contributed by atoms with Crippen LogP contribution < -0.4 is 0 Å². The zero-order valence-corrected chi connectivity index (χ0v) is 8.13. The number of allylic oxidation sites excluding steroid dienone is 1. The van der Waals surface area contributed by atoms with Gasteiger partial charge in [0.15, 0.2) is 0 Å². The molecule has 0 aromatic heterocycles. The van der Waals surface area contributed by atoms with Crippen molar-refractivity contribution in [2.75, 3.05) is 0 Å². The fraction of sp³-hybridized carbons (Fsp3) is 0.700. The smallest absolute Gasteiger partial charge is 0.309 e. The van der Waals surface area contributed by atoms with E-state index in [1.807, 2.05) is 13.0 Å². The van der Waals surface area contributed by atoms with E-state index in [-0.39, 0.29) is 5.92 Å². The van der Waals surface area contributed by atoms with Crippen molar-refractivity contribution in [3.63, 3.8) is 0 Å². The van der Waals surface area contributed by atoms with Crippen LogP contribution in [0, 0.1) is 11.3 Å². The van der Waals surface area contributed by atoms with Crippen molar-refractivity contribution >= 4 is 5.97 Å². The van der Waals surface area contributed by atoms with Crippen LogP contribution in [0.15, 0.2) is 12.7 Å². The number of hydrogen-bond donors (Lipinski definition) is 1. The van der Waals surface area contributed by atoms with Crippen molar-refractivity contribution in [2.45, 2.75) is 33.6 Å². The van der Waals surface area contributed by atoms with Gasteiger partial charge in [0.1, 0.15) is 0 Å². The fourth-order valence-corrected chi connectivity index (χ4v) is 0.939. The summed E-state index contributed by atoms with van der Waals surface area (Å²) in [5.41, 5.74) is -0.622. The molecule has 2 heteroatoms. The maximum absolute atomic E-state index is 10.8. The van der Waals surface area contributed by atoms with E-state index in [1.165, 1.54) is 0 Å². The molecule has 0 aromatic carbocycles. The van der Waals surface area contributed by atoms with Crippen molar-refractivity contribution in [1.29, 1.82) is 0 Å². The van der Waals surface area contributed by atoms with Crippen molar-refractivity contribution in [3.05, 3.63) is 12.7 Å². The molecule has 0 amide bonds. The van der Waals surface area contributed by atoms with Crippen LogP contribution in [-0.2, 0) is 4.79 Å². The van der Waals surface area contributed by atoms with Gasteiger partial charge in [0.05, 0.1) is 5.41 Å². The van der Waals surface area contributed by atoms with Gasteiger partial charge < -0.3 is 5.11 Å². The van der Waals surface area contributed by atoms with Gasteiger partial charge >= 0.3 is 5.97 Å². The first kappa shape index (κ1) is 11.2. The molecule has 0 fully saturated rings. The van der Waals surface area contributed by atoms with Gasteiger partial charge in [-0.25, -0.2) is 0 Å². The highest BCUT2D eigenvalue weighted by atomic mass is 16.4. The Bertz CT molecular complexity index is 171. The van der Waals surface area contributed by atoms with E-state index >= 15 is 0 Å². The third kappa shape index (κ3) is 2.68. The molecule has 0 aromatic rings. The van der Waals surface area contributed by atoms with Gasteiger partial charge in [-0.05, 0) is 32.6 Å². The van der Waals surface area contributed by atoms with Crippen molar-refractivity contribution in [3.8, 4) is 0 Å². The van der Waals surface area contributed by atoms with Gasteiger partial charge in [-0.2, -0.15) is 0 Å². The maximum Gasteiger partial charge on any atom is 0.309 e. The Kier molecular flexibility index (Phi) is 4.01. The van der Waals surface area contributed by atoms with Crippen LogP contribution in [0.25, 0.3) is 0 Å². The van der Waals surface area contributed by atoms with E-state index in [0.717, 1.165) is 12.8 Å². The Morgan fingerprint density at radius 3 is 2.50 bits per heavy atom. The Morgan fingerprint density at radius 1 is 1.67 bits per heavy atom. The number of rotatable bonds is 5. The number of carbonyl (C=O) groups is 1. The first-order chi connectivity index (χ1) is 5.42. The summed E-state index contributed by atoms with van der Waals surface area (Å²) in [4.78, 5) is 10.8. The van der Waals surface area contributed by atoms with Crippen LogP contribution in [0.3, 0.4) is 0 Å². The van der Waals surface area contributed by atoms with Crippen LogP contribution in [-0.4, -0.2) is 11.1 Å². The molecule has 0 heterocycles. The summed E-state index contributed by atoms with van der Waals surface area (Å²) in [6, 6.07) is 0. The lowest BCUT2D eigenvalue weighted by Crippen LogP contribution is -2.31. The summed E-state index contributed by atoms with van der Waals surface area (Å²) in [5, 5.41) is 8.89. The second-order valence-corrected chi connectivity index (χ2v) is 3.79. The molecule has 0 aliphatic rings. The Balaban J connectivity index is 4.14. The molecular formula is C10H18O2. The van der Waals surface area contributed by atoms with Crippen LogP contribution in [0.1, 0.15) is 33.6 Å². The minimum absolute atomic E-state index is 0.188. The molecule has 1 atom stereocenters. The average molecular weight is 170 g/mol. The third-order valence-corrected chi connectivity index (χ3v) is 2.59. The quantitative estimate of drug-likeness (QED) is 0.644. The molecule has 0 spiro atoms. The molecule has 1 unspecified atom stereocenters. The lowest BCUT2D eigenvalue weighted by molar-refractivity contribution is -0.149. The molecule has 0 radical (unpaired) electrons. The molecule has 1 N–H and O–H groups in total. The monoisotopic (exact) mass is 170 g/mol. The highest BCUT2D eigenvalue weighted by Gasteiger charge is 2.32. The van der Waals surface area contributed by atoms with Crippen LogP contribution in [0.5, 0.6) is 0 Å².